The molecular formula is C77H74BN3SSi. The van der Waals surface area contributed by atoms with Crippen molar-refractivity contribution in [2.45, 2.75) is 105 Å². The van der Waals surface area contributed by atoms with Gasteiger partial charge in [0.05, 0.1) is 10.2 Å². The molecule has 10 aromatic carbocycles. The van der Waals surface area contributed by atoms with Crippen molar-refractivity contribution in [3.05, 3.63) is 253 Å². The molecular weight excluding hydrogens is 1040 g/mol. The molecule has 0 bridgehead atoms. The van der Waals surface area contributed by atoms with Gasteiger partial charge >= 0.3 is 0 Å². The fourth-order valence-corrected chi connectivity index (χ4v) is 18.8. The lowest BCUT2D eigenvalue weighted by Crippen LogP contribution is -2.75. The van der Waals surface area contributed by atoms with Gasteiger partial charge in [-0.1, -0.05) is 259 Å². The highest BCUT2D eigenvalue weighted by Gasteiger charge is 2.48. The number of aromatic nitrogens is 1. The average Bonchev–Trinajstić information content (AvgIpc) is 2.48. The maximum absolute atomic E-state index is 5.58. The molecule has 83 heavy (non-hydrogen) atoms. The van der Waals surface area contributed by atoms with E-state index in [0.717, 1.165) is 27.5 Å². The summed E-state index contributed by atoms with van der Waals surface area (Å²) in [4.78, 5) is 10.8. The predicted octanol–water partition coefficient (Wildman–Crippen LogP) is 16.3. The van der Waals surface area contributed by atoms with Crippen LogP contribution in [0.1, 0.15) is 105 Å². The number of anilines is 6. The number of benzene rings is 10. The second-order valence-electron chi connectivity index (χ2n) is 27.3. The minimum absolute atomic E-state index is 0.00755. The first-order valence-corrected chi connectivity index (χ1v) is 32.4. The highest BCUT2D eigenvalue weighted by molar-refractivity contribution is 7.22. The van der Waals surface area contributed by atoms with Gasteiger partial charge < -0.3 is 9.80 Å². The number of thiazole rings is 1. The van der Waals surface area contributed by atoms with Crippen molar-refractivity contribution in [1.82, 2.24) is 4.98 Å². The van der Waals surface area contributed by atoms with Crippen LogP contribution in [0.4, 0.5) is 34.1 Å². The summed E-state index contributed by atoms with van der Waals surface area (Å²) in [6, 6.07) is 88.8. The summed E-state index contributed by atoms with van der Waals surface area (Å²) >= 11 is 1.79. The Kier molecular flexibility index (Phi) is 13.1. The Morgan fingerprint density at radius 2 is 0.735 bits per heavy atom. The van der Waals surface area contributed by atoms with Gasteiger partial charge in [-0.3, -0.25) is 0 Å². The Labute approximate surface area is 498 Å². The molecule has 0 fully saturated rings. The van der Waals surface area contributed by atoms with Gasteiger partial charge in [0, 0.05) is 39.7 Å². The van der Waals surface area contributed by atoms with Crippen LogP contribution in [-0.4, -0.2) is 19.8 Å². The van der Waals surface area contributed by atoms with E-state index in [9.17, 15) is 0 Å². The van der Waals surface area contributed by atoms with Crippen molar-refractivity contribution < 1.29 is 0 Å². The summed E-state index contributed by atoms with van der Waals surface area (Å²) in [5.74, 6) is 0. The Morgan fingerprint density at radius 3 is 1.18 bits per heavy atom. The van der Waals surface area contributed by atoms with Gasteiger partial charge in [0.1, 0.15) is 5.01 Å². The van der Waals surface area contributed by atoms with E-state index in [4.69, 9.17) is 4.98 Å². The molecule has 6 heteroatoms. The van der Waals surface area contributed by atoms with Crippen LogP contribution in [-0.2, 0) is 21.7 Å². The first-order valence-electron chi connectivity index (χ1n) is 29.6. The molecule has 13 rings (SSSR count). The van der Waals surface area contributed by atoms with Crippen LogP contribution in [0.2, 0.25) is 0 Å². The third kappa shape index (κ3) is 9.49. The highest BCUT2D eigenvalue weighted by atomic mass is 32.1. The minimum atomic E-state index is -3.13. The maximum atomic E-state index is 5.58. The first-order chi connectivity index (χ1) is 39.7. The second-order valence-corrected chi connectivity index (χ2v) is 32.1. The van der Waals surface area contributed by atoms with E-state index >= 15 is 0 Å². The molecule has 11 aromatic rings. The molecule has 0 N–H and O–H groups in total. The van der Waals surface area contributed by atoms with Gasteiger partial charge in [-0.25, -0.2) is 4.98 Å². The summed E-state index contributed by atoms with van der Waals surface area (Å²) in [6.07, 6.45) is 0. The highest BCUT2D eigenvalue weighted by Crippen LogP contribution is 2.47. The number of hydrogen-bond acceptors (Lipinski definition) is 4. The zero-order chi connectivity index (χ0) is 57.8. The zero-order valence-electron chi connectivity index (χ0n) is 50.3. The van der Waals surface area contributed by atoms with Crippen LogP contribution in [0, 0.1) is 0 Å². The fourth-order valence-electron chi connectivity index (χ4n) is 13.0. The zero-order valence-corrected chi connectivity index (χ0v) is 52.1. The third-order valence-corrected chi connectivity index (χ3v) is 23.5. The van der Waals surface area contributed by atoms with Crippen LogP contribution >= 0.6 is 11.3 Å². The Bertz CT molecular complexity index is 4100. The minimum Gasteiger partial charge on any atom is -0.311 e. The van der Waals surface area contributed by atoms with E-state index in [0.29, 0.717) is 0 Å². The average molecular weight is 1110 g/mol. The Balaban J connectivity index is 1.12. The fraction of sp³-hybridized carbons (Fsp3) is 0.208. The Hall–Kier alpha value is -8.03. The molecule has 0 aliphatic carbocycles. The molecule has 0 amide bonds. The van der Waals surface area contributed by atoms with Gasteiger partial charge in [0.2, 0.25) is 0 Å². The molecule has 0 atom stereocenters. The molecule has 0 saturated carbocycles. The molecule has 410 valence electrons. The monoisotopic (exact) mass is 1110 g/mol. The van der Waals surface area contributed by atoms with Crippen molar-refractivity contribution >= 4 is 108 Å². The van der Waals surface area contributed by atoms with Crippen LogP contribution in [0.5, 0.6) is 0 Å². The lowest BCUT2D eigenvalue weighted by molar-refractivity contribution is 0.590. The SMILES string of the molecule is CC(C)(C)c1ccc(-c2ccc(-c3nc4cc5c(cc4s3)N(c3ccc(C(C)(C)C)cc3)c3cc([Si](c4ccccc4)(c4ccccc4)c4ccccc4)cc4c3B5c3cc(C(C)(C)C)ccc3N4c3ccc(C(C)(C)C)cc3)cc2)cc1. The van der Waals surface area contributed by atoms with E-state index in [2.05, 4.69) is 323 Å². The van der Waals surface area contributed by atoms with E-state index in [-0.39, 0.29) is 28.4 Å². The summed E-state index contributed by atoms with van der Waals surface area (Å²) in [6.45, 7) is 27.6. The summed E-state index contributed by atoms with van der Waals surface area (Å²) in [5, 5.41) is 6.38. The number of nitrogens with zero attached hydrogens (tertiary/aromatic N) is 3. The molecule has 0 spiro atoms. The van der Waals surface area contributed by atoms with E-state index < -0.39 is 8.07 Å². The van der Waals surface area contributed by atoms with Crippen molar-refractivity contribution in [3.8, 4) is 21.7 Å². The molecule has 2 aliphatic rings. The summed E-state index contributed by atoms with van der Waals surface area (Å²) < 4.78 is 1.17. The van der Waals surface area contributed by atoms with E-state index in [1.54, 1.807) is 11.3 Å². The third-order valence-electron chi connectivity index (χ3n) is 17.7. The topological polar surface area (TPSA) is 19.4 Å². The standard InChI is InChI=1S/C77H74BN3SSi/c1-74(2,3)54-34-32-52(33-35-54)51-28-30-53(31-29-51)73-79-66-49-65-68(50-71(66)82-73)81(59-43-38-56(39-44-59)76(7,8)9)70-48-63(83(60-22-16-13-17-23-60,61-24-18-14-19-25-61)62-26-20-15-21-27-62)47-69-72(70)78(65)64-46-57(77(10,11)12)40-45-67(64)80(69)58-41-36-55(37-42-58)75(4,5)6/h13-50H,1-12H3. The quantitative estimate of drug-likeness (QED) is 0.112. The predicted molar refractivity (Wildman–Crippen MR) is 363 cm³/mol. The van der Waals surface area contributed by atoms with E-state index in [1.165, 1.54) is 98.0 Å². The maximum Gasteiger partial charge on any atom is 0.252 e. The van der Waals surface area contributed by atoms with Crippen molar-refractivity contribution in [2.24, 2.45) is 0 Å². The Morgan fingerprint density at radius 1 is 0.349 bits per heavy atom. The number of hydrogen-bond donors (Lipinski definition) is 0. The molecule has 0 unspecified atom stereocenters. The largest absolute Gasteiger partial charge is 0.311 e. The molecule has 2 aliphatic heterocycles. The second kappa shape index (κ2) is 20.1. The summed E-state index contributed by atoms with van der Waals surface area (Å²) in [5.41, 5.74) is 20.8. The lowest BCUT2D eigenvalue weighted by atomic mass is 9.33. The molecule has 0 saturated heterocycles. The van der Waals surface area contributed by atoms with Gasteiger partial charge in [0.25, 0.3) is 6.71 Å². The molecule has 1 aromatic heterocycles. The van der Waals surface area contributed by atoms with Gasteiger partial charge in [-0.2, -0.15) is 0 Å². The van der Waals surface area contributed by atoms with Crippen LogP contribution < -0.4 is 46.9 Å². The van der Waals surface area contributed by atoms with Gasteiger partial charge in [-0.05, 0) is 147 Å². The normalized spacial score (nSPS) is 13.5. The van der Waals surface area contributed by atoms with Crippen LogP contribution in [0.3, 0.4) is 0 Å². The lowest BCUT2D eigenvalue weighted by Gasteiger charge is -2.46. The number of fused-ring (bicyclic) bond motifs is 5. The smallest absolute Gasteiger partial charge is 0.252 e. The number of rotatable bonds is 8. The summed E-state index contributed by atoms with van der Waals surface area (Å²) in [7, 11) is -3.13. The molecule has 3 nitrogen and oxygen atoms in total. The molecule has 3 heterocycles. The van der Waals surface area contributed by atoms with Crippen molar-refractivity contribution in [3.63, 3.8) is 0 Å². The first kappa shape index (κ1) is 54.2. The van der Waals surface area contributed by atoms with Crippen molar-refractivity contribution in [1.29, 1.82) is 0 Å². The van der Waals surface area contributed by atoms with Crippen LogP contribution in [0.15, 0.2) is 231 Å². The molecule has 0 radical (unpaired) electrons. The van der Waals surface area contributed by atoms with Crippen molar-refractivity contribution in [2.75, 3.05) is 9.80 Å². The van der Waals surface area contributed by atoms with Gasteiger partial charge in [0.15, 0.2) is 8.07 Å². The van der Waals surface area contributed by atoms with Gasteiger partial charge in [-0.15, -0.1) is 11.3 Å². The van der Waals surface area contributed by atoms with Crippen LogP contribution in [0.25, 0.3) is 31.9 Å². The van der Waals surface area contributed by atoms with E-state index in [1.807, 2.05) is 0 Å².